The molecule has 0 spiro atoms. The van der Waals surface area contributed by atoms with E-state index in [9.17, 15) is 19.8 Å². The highest BCUT2D eigenvalue weighted by Crippen LogP contribution is 2.36. The van der Waals surface area contributed by atoms with Gasteiger partial charge in [0.15, 0.2) is 5.85 Å². The third kappa shape index (κ3) is 2.13. The average molecular weight is 304 g/mol. The van der Waals surface area contributed by atoms with Gasteiger partial charge in [0, 0.05) is 7.05 Å². The number of nitrogens with one attached hydrogen (secondary N) is 2. The van der Waals surface area contributed by atoms with Crippen molar-refractivity contribution in [3.63, 3.8) is 0 Å². The molecule has 1 aromatic rings. The number of rotatable bonds is 1. The second kappa shape index (κ2) is 4.52. The van der Waals surface area contributed by atoms with Crippen molar-refractivity contribution in [2.75, 3.05) is 11.9 Å². The Hall–Kier alpha value is -2.45. The number of hydrogen-bond donors (Lipinski definition) is 4. The van der Waals surface area contributed by atoms with E-state index >= 15 is 0 Å². The minimum absolute atomic E-state index is 0.177. The second-order valence-electron chi connectivity index (χ2n) is 5.64. The molecule has 0 saturated carbocycles. The predicted octanol–water partition coefficient (Wildman–Crippen LogP) is -0.0730. The molecule has 1 amide bonds. The molecular weight excluding hydrogens is 288 g/mol. The number of anilines is 1. The number of hydrogen-bond acceptors (Lipinski definition) is 6. The number of nitrogens with zero attached hydrogens (tertiary/aromatic N) is 2. The van der Waals surface area contributed by atoms with Crippen molar-refractivity contribution in [1.29, 1.82) is 0 Å². The summed E-state index contributed by atoms with van der Waals surface area (Å²) in [5.41, 5.74) is 2.07. The quantitative estimate of drug-likeness (QED) is 0.577. The fourth-order valence-electron chi connectivity index (χ4n) is 2.72. The molecule has 2 aliphatic heterocycles. The van der Waals surface area contributed by atoms with Crippen LogP contribution in [-0.4, -0.2) is 46.9 Å². The number of benzene rings is 1. The van der Waals surface area contributed by atoms with Gasteiger partial charge in [0.25, 0.3) is 5.91 Å². The summed E-state index contributed by atoms with van der Waals surface area (Å²) in [6, 6.07) is 3.16. The molecule has 2 atom stereocenters. The van der Waals surface area contributed by atoms with Crippen LogP contribution in [0, 0.1) is 6.92 Å². The number of amides is 1. The summed E-state index contributed by atoms with van der Waals surface area (Å²) in [5.74, 6) is -3.05. The lowest BCUT2D eigenvalue weighted by atomic mass is 10.0. The smallest absolute Gasteiger partial charge is 0.336 e. The lowest BCUT2D eigenvalue weighted by molar-refractivity contribution is -0.126. The standard InChI is InChI=1S/C14H16N4O4/c1-6-4-8-9(5-7(6)13(20)21)18(3)11-10(15-8)12(19)17-14(2,22)16-11/h4-5,11,16,22H,1-3H3,(H,17,19)(H,20,21). The monoisotopic (exact) mass is 304 g/mol. The Morgan fingerprint density at radius 3 is 2.77 bits per heavy atom. The first-order valence-corrected chi connectivity index (χ1v) is 6.71. The molecule has 2 heterocycles. The number of fused-ring (bicyclic) bond motifs is 2. The summed E-state index contributed by atoms with van der Waals surface area (Å²) in [5, 5.41) is 24.5. The SMILES string of the molecule is Cc1cc2c(cc1C(=O)O)N(C)C1NC(C)(O)NC(=O)C1=N2. The fraction of sp³-hybridized carbons (Fsp3) is 0.357. The van der Waals surface area contributed by atoms with Gasteiger partial charge in [-0.3, -0.25) is 4.79 Å². The van der Waals surface area contributed by atoms with Crippen LogP contribution in [0.4, 0.5) is 11.4 Å². The number of carbonyl (C=O) groups excluding carboxylic acids is 1. The average Bonchev–Trinajstić information content (AvgIpc) is 2.39. The lowest BCUT2D eigenvalue weighted by Gasteiger charge is -2.43. The van der Waals surface area contributed by atoms with Gasteiger partial charge in [0.05, 0.1) is 16.9 Å². The fourth-order valence-corrected chi connectivity index (χ4v) is 2.72. The summed E-state index contributed by atoms with van der Waals surface area (Å²) >= 11 is 0. The lowest BCUT2D eigenvalue weighted by Crippen LogP contribution is -2.73. The Kier molecular flexibility index (Phi) is 2.98. The predicted molar refractivity (Wildman–Crippen MR) is 79.3 cm³/mol. The van der Waals surface area contributed by atoms with Gasteiger partial charge in [-0.15, -0.1) is 0 Å². The summed E-state index contributed by atoms with van der Waals surface area (Å²) in [4.78, 5) is 29.4. The molecule has 0 radical (unpaired) electrons. The van der Waals surface area contributed by atoms with E-state index in [1.165, 1.54) is 13.0 Å². The molecule has 0 bridgehead atoms. The zero-order valence-corrected chi connectivity index (χ0v) is 12.3. The van der Waals surface area contributed by atoms with E-state index in [1.807, 2.05) is 0 Å². The highest BCUT2D eigenvalue weighted by atomic mass is 16.4. The molecular formula is C14H16N4O4. The molecule has 116 valence electrons. The van der Waals surface area contributed by atoms with E-state index in [4.69, 9.17) is 0 Å². The van der Waals surface area contributed by atoms with Crippen molar-refractivity contribution in [2.45, 2.75) is 25.9 Å². The van der Waals surface area contributed by atoms with E-state index < -0.39 is 23.9 Å². The molecule has 0 aromatic heterocycles. The number of aliphatic imine (C=N–C) groups is 1. The van der Waals surface area contributed by atoms with Crippen LogP contribution < -0.4 is 15.5 Å². The Bertz CT molecular complexity index is 726. The summed E-state index contributed by atoms with van der Waals surface area (Å²) in [6.45, 7) is 3.10. The number of aryl methyl sites for hydroxylation is 1. The van der Waals surface area contributed by atoms with Gasteiger partial charge in [0.2, 0.25) is 0 Å². The topological polar surface area (TPSA) is 114 Å². The Morgan fingerprint density at radius 1 is 1.45 bits per heavy atom. The summed E-state index contributed by atoms with van der Waals surface area (Å²) in [7, 11) is 1.71. The van der Waals surface area contributed by atoms with Crippen molar-refractivity contribution < 1.29 is 19.8 Å². The van der Waals surface area contributed by atoms with Crippen LogP contribution >= 0.6 is 0 Å². The first kappa shape index (κ1) is 14.5. The number of carboxylic acid groups (broad SMARTS) is 1. The molecule has 8 nitrogen and oxygen atoms in total. The van der Waals surface area contributed by atoms with Crippen LogP contribution in [0.5, 0.6) is 0 Å². The zero-order chi connectivity index (χ0) is 16.2. The molecule has 3 rings (SSSR count). The van der Waals surface area contributed by atoms with Gasteiger partial charge in [-0.1, -0.05) is 0 Å². The van der Waals surface area contributed by atoms with Crippen LogP contribution in [0.2, 0.25) is 0 Å². The molecule has 1 saturated heterocycles. The van der Waals surface area contributed by atoms with Gasteiger partial charge in [-0.25, -0.2) is 15.1 Å². The van der Waals surface area contributed by atoms with Crippen molar-refractivity contribution in [3.05, 3.63) is 23.3 Å². The molecule has 22 heavy (non-hydrogen) atoms. The van der Waals surface area contributed by atoms with E-state index in [-0.39, 0.29) is 11.3 Å². The Labute approximate surface area is 126 Å². The molecule has 2 aliphatic rings. The van der Waals surface area contributed by atoms with Crippen LogP contribution in [0.1, 0.15) is 22.8 Å². The van der Waals surface area contributed by atoms with Crippen molar-refractivity contribution in [1.82, 2.24) is 10.6 Å². The van der Waals surface area contributed by atoms with E-state index in [0.717, 1.165) is 0 Å². The van der Waals surface area contributed by atoms with Crippen molar-refractivity contribution in [3.8, 4) is 0 Å². The maximum Gasteiger partial charge on any atom is 0.336 e. The molecule has 4 N–H and O–H groups in total. The Morgan fingerprint density at radius 2 is 2.14 bits per heavy atom. The third-order valence-corrected chi connectivity index (χ3v) is 3.83. The highest BCUT2D eigenvalue weighted by Gasteiger charge is 2.42. The van der Waals surface area contributed by atoms with E-state index in [2.05, 4.69) is 15.6 Å². The molecule has 0 aliphatic carbocycles. The van der Waals surface area contributed by atoms with Gasteiger partial charge in [-0.2, -0.15) is 0 Å². The van der Waals surface area contributed by atoms with Gasteiger partial charge in [-0.05, 0) is 31.5 Å². The zero-order valence-electron chi connectivity index (χ0n) is 12.3. The number of carboxylic acids is 1. The highest BCUT2D eigenvalue weighted by molar-refractivity contribution is 6.43. The van der Waals surface area contributed by atoms with E-state index in [0.29, 0.717) is 16.9 Å². The molecule has 1 aromatic carbocycles. The summed E-state index contributed by atoms with van der Waals surface area (Å²) in [6.07, 6.45) is -0.638. The van der Waals surface area contributed by atoms with Crippen LogP contribution in [0.3, 0.4) is 0 Å². The molecule has 1 fully saturated rings. The Balaban J connectivity index is 2.15. The van der Waals surface area contributed by atoms with Gasteiger partial charge >= 0.3 is 5.97 Å². The van der Waals surface area contributed by atoms with Gasteiger partial charge in [0.1, 0.15) is 11.9 Å². The van der Waals surface area contributed by atoms with Crippen LogP contribution in [-0.2, 0) is 4.79 Å². The summed E-state index contributed by atoms with van der Waals surface area (Å²) < 4.78 is 0. The number of aliphatic hydroxyl groups is 1. The third-order valence-electron chi connectivity index (χ3n) is 3.83. The van der Waals surface area contributed by atoms with E-state index in [1.54, 1.807) is 24.9 Å². The minimum atomic E-state index is -1.56. The first-order chi connectivity index (χ1) is 10.2. The maximum absolute atomic E-state index is 12.1. The van der Waals surface area contributed by atoms with Crippen LogP contribution in [0.25, 0.3) is 0 Å². The van der Waals surface area contributed by atoms with Crippen molar-refractivity contribution in [2.24, 2.45) is 4.99 Å². The second-order valence-corrected chi connectivity index (χ2v) is 5.64. The first-order valence-electron chi connectivity index (χ1n) is 6.71. The molecule has 8 heteroatoms. The van der Waals surface area contributed by atoms with Crippen LogP contribution in [0.15, 0.2) is 17.1 Å². The number of carbonyl (C=O) groups is 2. The normalized spacial score (nSPS) is 26.7. The molecule has 2 unspecified atom stereocenters. The van der Waals surface area contributed by atoms with Gasteiger partial charge < -0.3 is 20.4 Å². The largest absolute Gasteiger partial charge is 0.478 e. The number of aromatic carboxylic acids is 1. The maximum atomic E-state index is 12.1. The minimum Gasteiger partial charge on any atom is -0.478 e. The van der Waals surface area contributed by atoms with Crippen molar-refractivity contribution >= 4 is 29.0 Å².